The topological polar surface area (TPSA) is 107 Å². The standard InChI is InChI=1S/C24H21N5OS/c1-14(2)29(13-18-7-5-17(11-25)6-8-18)24(30)19-10-21(27)20(9-15(19)3)23-28-16(4)22(12-26)31-23/h5-10H,1,13,27H2,2-4H3. The molecule has 6 nitrogen and oxygen atoms in total. The minimum atomic E-state index is -0.208. The van der Waals surface area contributed by atoms with Gasteiger partial charge >= 0.3 is 0 Å². The van der Waals surface area contributed by atoms with Gasteiger partial charge < -0.3 is 10.6 Å². The van der Waals surface area contributed by atoms with E-state index in [0.29, 0.717) is 50.2 Å². The zero-order valence-electron chi connectivity index (χ0n) is 17.6. The maximum Gasteiger partial charge on any atom is 0.258 e. The van der Waals surface area contributed by atoms with Crippen LogP contribution in [0.1, 0.15) is 44.5 Å². The number of nitrogens with zero attached hydrogens (tertiary/aromatic N) is 4. The minimum Gasteiger partial charge on any atom is -0.398 e. The molecule has 0 saturated heterocycles. The van der Waals surface area contributed by atoms with Crippen molar-refractivity contribution in [3.63, 3.8) is 0 Å². The minimum absolute atomic E-state index is 0.208. The lowest BCUT2D eigenvalue weighted by Gasteiger charge is -2.24. The van der Waals surface area contributed by atoms with Crippen molar-refractivity contribution in [1.29, 1.82) is 10.5 Å². The second kappa shape index (κ2) is 8.83. The van der Waals surface area contributed by atoms with Crippen molar-refractivity contribution in [2.75, 3.05) is 5.73 Å². The Labute approximate surface area is 185 Å². The van der Waals surface area contributed by atoms with Gasteiger partial charge in [0.05, 0.1) is 23.9 Å². The van der Waals surface area contributed by atoms with Crippen molar-refractivity contribution in [2.24, 2.45) is 0 Å². The molecule has 0 aliphatic heterocycles. The van der Waals surface area contributed by atoms with Crippen LogP contribution >= 0.6 is 11.3 Å². The summed E-state index contributed by atoms with van der Waals surface area (Å²) in [6.45, 7) is 9.69. The van der Waals surface area contributed by atoms with Crippen LogP contribution in [0.2, 0.25) is 0 Å². The van der Waals surface area contributed by atoms with Gasteiger partial charge in [0.25, 0.3) is 5.91 Å². The Balaban J connectivity index is 1.94. The number of hydrogen-bond acceptors (Lipinski definition) is 6. The molecule has 1 heterocycles. The number of aryl methyl sites for hydroxylation is 2. The average Bonchev–Trinajstić information content (AvgIpc) is 3.13. The first kappa shape index (κ1) is 21.8. The first-order valence-electron chi connectivity index (χ1n) is 9.49. The molecule has 0 aliphatic carbocycles. The summed E-state index contributed by atoms with van der Waals surface area (Å²) >= 11 is 1.28. The number of carbonyl (C=O) groups is 1. The summed E-state index contributed by atoms with van der Waals surface area (Å²) in [4.78, 5) is 19.9. The fourth-order valence-corrected chi connectivity index (χ4v) is 4.05. The molecular weight excluding hydrogens is 406 g/mol. The predicted octanol–water partition coefficient (Wildman–Crippen LogP) is 4.93. The molecule has 154 valence electrons. The Kier molecular flexibility index (Phi) is 6.20. The largest absolute Gasteiger partial charge is 0.398 e. The van der Waals surface area contributed by atoms with Crippen LogP contribution in [0, 0.1) is 36.5 Å². The smallest absolute Gasteiger partial charge is 0.258 e. The van der Waals surface area contributed by atoms with E-state index in [1.54, 1.807) is 36.9 Å². The number of nitriles is 2. The van der Waals surface area contributed by atoms with E-state index in [0.717, 1.165) is 11.1 Å². The molecule has 0 unspecified atom stereocenters. The Hall–Kier alpha value is -3.94. The van der Waals surface area contributed by atoms with Gasteiger partial charge in [0, 0.05) is 22.5 Å². The number of anilines is 1. The summed E-state index contributed by atoms with van der Waals surface area (Å²) in [6, 6.07) is 14.8. The number of benzene rings is 2. The van der Waals surface area contributed by atoms with Crippen molar-refractivity contribution in [2.45, 2.75) is 27.3 Å². The van der Waals surface area contributed by atoms with E-state index in [1.807, 2.05) is 25.1 Å². The van der Waals surface area contributed by atoms with Crippen molar-refractivity contribution in [3.8, 4) is 22.7 Å². The van der Waals surface area contributed by atoms with Crippen molar-refractivity contribution >= 4 is 22.9 Å². The quantitative estimate of drug-likeness (QED) is 0.581. The Morgan fingerprint density at radius 1 is 1.19 bits per heavy atom. The number of nitrogen functional groups attached to an aromatic ring is 1. The first-order chi connectivity index (χ1) is 14.7. The van der Waals surface area contributed by atoms with Crippen molar-refractivity contribution < 1.29 is 4.79 Å². The third-order valence-electron chi connectivity index (χ3n) is 4.89. The zero-order chi connectivity index (χ0) is 22.7. The molecule has 0 atom stereocenters. The zero-order valence-corrected chi connectivity index (χ0v) is 18.4. The molecule has 0 radical (unpaired) electrons. The van der Waals surface area contributed by atoms with Crippen LogP contribution in [0.15, 0.2) is 48.7 Å². The third kappa shape index (κ3) is 4.48. The van der Waals surface area contributed by atoms with Gasteiger partial charge in [-0.2, -0.15) is 10.5 Å². The van der Waals surface area contributed by atoms with E-state index < -0.39 is 0 Å². The van der Waals surface area contributed by atoms with Gasteiger partial charge in [-0.05, 0) is 56.2 Å². The summed E-state index contributed by atoms with van der Waals surface area (Å²) < 4.78 is 0. The van der Waals surface area contributed by atoms with Gasteiger partial charge in [0.15, 0.2) is 0 Å². The maximum absolute atomic E-state index is 13.3. The average molecular weight is 428 g/mol. The Morgan fingerprint density at radius 2 is 1.87 bits per heavy atom. The normalized spacial score (nSPS) is 10.2. The molecule has 31 heavy (non-hydrogen) atoms. The van der Waals surface area contributed by atoms with E-state index in [-0.39, 0.29) is 5.91 Å². The second-order valence-corrected chi connectivity index (χ2v) is 8.23. The number of allylic oxidation sites excluding steroid dienone is 1. The fraction of sp³-hybridized carbons (Fsp3) is 0.167. The lowest BCUT2D eigenvalue weighted by molar-refractivity contribution is 0.0796. The molecule has 2 N–H and O–H groups in total. The van der Waals surface area contributed by atoms with Gasteiger partial charge in [0.2, 0.25) is 0 Å². The van der Waals surface area contributed by atoms with Gasteiger partial charge in [-0.3, -0.25) is 4.79 Å². The van der Waals surface area contributed by atoms with E-state index in [4.69, 9.17) is 11.0 Å². The number of carbonyl (C=O) groups excluding carboxylic acids is 1. The molecule has 0 aliphatic rings. The molecule has 0 saturated carbocycles. The highest BCUT2D eigenvalue weighted by Crippen LogP contribution is 2.34. The van der Waals surface area contributed by atoms with E-state index in [1.165, 1.54) is 11.3 Å². The van der Waals surface area contributed by atoms with Crippen LogP contribution in [0.3, 0.4) is 0 Å². The molecule has 3 aromatic rings. The predicted molar refractivity (Wildman–Crippen MR) is 122 cm³/mol. The number of hydrogen-bond donors (Lipinski definition) is 1. The summed E-state index contributed by atoms with van der Waals surface area (Å²) in [5, 5.41) is 18.8. The van der Waals surface area contributed by atoms with Crippen LogP contribution in [0.25, 0.3) is 10.6 Å². The monoisotopic (exact) mass is 427 g/mol. The van der Waals surface area contributed by atoms with Crippen molar-refractivity contribution in [3.05, 3.63) is 81.5 Å². The number of nitrogens with two attached hydrogens (primary N) is 1. The van der Waals surface area contributed by atoms with Crippen LogP contribution in [0.4, 0.5) is 5.69 Å². The van der Waals surface area contributed by atoms with Crippen LogP contribution in [0.5, 0.6) is 0 Å². The van der Waals surface area contributed by atoms with Crippen LogP contribution < -0.4 is 5.73 Å². The third-order valence-corrected chi connectivity index (χ3v) is 5.98. The van der Waals surface area contributed by atoms with Gasteiger partial charge in [-0.15, -0.1) is 11.3 Å². The van der Waals surface area contributed by atoms with Gasteiger partial charge in [-0.25, -0.2) is 4.98 Å². The van der Waals surface area contributed by atoms with E-state index >= 15 is 0 Å². The molecule has 0 fully saturated rings. The van der Waals surface area contributed by atoms with E-state index in [2.05, 4.69) is 23.7 Å². The lowest BCUT2D eigenvalue weighted by Crippen LogP contribution is -2.29. The van der Waals surface area contributed by atoms with Crippen LogP contribution in [-0.4, -0.2) is 15.8 Å². The summed E-state index contributed by atoms with van der Waals surface area (Å²) in [5.74, 6) is -0.208. The fourth-order valence-electron chi connectivity index (χ4n) is 3.15. The summed E-state index contributed by atoms with van der Waals surface area (Å²) in [5.41, 5.74) is 11.4. The molecule has 1 amide bonds. The maximum atomic E-state index is 13.3. The molecule has 1 aromatic heterocycles. The molecule has 0 spiro atoms. The second-order valence-electron chi connectivity index (χ2n) is 7.24. The molecular formula is C24H21N5OS. The SMILES string of the molecule is C=C(C)N(Cc1ccc(C#N)cc1)C(=O)c1cc(N)c(-c2nc(C)c(C#N)s2)cc1C. The number of aromatic nitrogens is 1. The van der Waals surface area contributed by atoms with Gasteiger partial charge in [-0.1, -0.05) is 18.7 Å². The Morgan fingerprint density at radius 3 is 2.42 bits per heavy atom. The highest BCUT2D eigenvalue weighted by Gasteiger charge is 2.21. The number of thiazole rings is 1. The lowest BCUT2D eigenvalue weighted by atomic mass is 10.0. The highest BCUT2D eigenvalue weighted by atomic mass is 32.1. The summed E-state index contributed by atoms with van der Waals surface area (Å²) in [7, 11) is 0. The molecule has 7 heteroatoms. The Bertz CT molecular complexity index is 1260. The molecule has 3 rings (SSSR count). The number of amides is 1. The molecule has 2 aromatic carbocycles. The van der Waals surface area contributed by atoms with Gasteiger partial charge in [0.1, 0.15) is 16.0 Å². The first-order valence-corrected chi connectivity index (χ1v) is 10.3. The highest BCUT2D eigenvalue weighted by molar-refractivity contribution is 7.15. The van der Waals surface area contributed by atoms with Crippen molar-refractivity contribution in [1.82, 2.24) is 9.88 Å². The molecule has 0 bridgehead atoms. The van der Waals surface area contributed by atoms with E-state index in [9.17, 15) is 10.1 Å². The number of rotatable bonds is 5. The summed E-state index contributed by atoms with van der Waals surface area (Å²) in [6.07, 6.45) is 0. The van der Waals surface area contributed by atoms with Crippen LogP contribution in [-0.2, 0) is 6.54 Å².